The summed E-state index contributed by atoms with van der Waals surface area (Å²) in [7, 11) is 0. The van der Waals surface area contributed by atoms with Gasteiger partial charge >= 0.3 is 0 Å². The fourth-order valence-electron chi connectivity index (χ4n) is 3.18. The SMILES string of the molecule is Cc1nc2ccc(CNC(C)CN3CCCCC3)cc2[nH]1. The molecule has 3 rings (SSSR count). The van der Waals surface area contributed by atoms with Crippen LogP contribution in [0.2, 0.25) is 0 Å². The zero-order valence-corrected chi connectivity index (χ0v) is 13.2. The van der Waals surface area contributed by atoms with Crippen molar-refractivity contribution < 1.29 is 0 Å². The van der Waals surface area contributed by atoms with E-state index in [4.69, 9.17) is 0 Å². The first-order chi connectivity index (χ1) is 10.2. The number of nitrogens with zero attached hydrogens (tertiary/aromatic N) is 2. The van der Waals surface area contributed by atoms with Crippen molar-refractivity contribution in [2.24, 2.45) is 0 Å². The molecule has 1 unspecified atom stereocenters. The van der Waals surface area contributed by atoms with Crippen LogP contribution in [0.25, 0.3) is 11.0 Å². The van der Waals surface area contributed by atoms with Gasteiger partial charge in [-0.25, -0.2) is 4.98 Å². The van der Waals surface area contributed by atoms with Crippen LogP contribution in [-0.2, 0) is 6.54 Å². The zero-order valence-electron chi connectivity index (χ0n) is 13.2. The Morgan fingerprint density at radius 2 is 2.10 bits per heavy atom. The monoisotopic (exact) mass is 286 g/mol. The van der Waals surface area contributed by atoms with Crippen LogP contribution in [0.4, 0.5) is 0 Å². The lowest BCUT2D eigenvalue weighted by atomic mass is 10.1. The van der Waals surface area contributed by atoms with Crippen LogP contribution in [0.1, 0.15) is 37.6 Å². The number of H-pyrrole nitrogens is 1. The van der Waals surface area contributed by atoms with E-state index in [1.54, 1.807) is 0 Å². The van der Waals surface area contributed by atoms with E-state index >= 15 is 0 Å². The molecule has 4 nitrogen and oxygen atoms in total. The Bertz CT molecular complexity index is 583. The number of benzene rings is 1. The summed E-state index contributed by atoms with van der Waals surface area (Å²) in [5, 5.41) is 3.64. The van der Waals surface area contributed by atoms with Crippen molar-refractivity contribution in [2.45, 2.75) is 45.7 Å². The van der Waals surface area contributed by atoms with Gasteiger partial charge in [-0.2, -0.15) is 0 Å². The van der Waals surface area contributed by atoms with Gasteiger partial charge in [0.25, 0.3) is 0 Å². The molecule has 0 radical (unpaired) electrons. The summed E-state index contributed by atoms with van der Waals surface area (Å²) in [6, 6.07) is 7.01. The highest BCUT2D eigenvalue weighted by Gasteiger charge is 2.13. The van der Waals surface area contributed by atoms with Gasteiger partial charge in [0, 0.05) is 19.1 Å². The summed E-state index contributed by atoms with van der Waals surface area (Å²) in [6.45, 7) is 8.90. The van der Waals surface area contributed by atoms with Gasteiger partial charge in [0.05, 0.1) is 11.0 Å². The average molecular weight is 286 g/mol. The molecular weight excluding hydrogens is 260 g/mol. The molecule has 114 valence electrons. The summed E-state index contributed by atoms with van der Waals surface area (Å²) in [4.78, 5) is 10.3. The maximum absolute atomic E-state index is 4.44. The number of piperidine rings is 1. The number of imidazole rings is 1. The van der Waals surface area contributed by atoms with Crippen LogP contribution in [0, 0.1) is 6.92 Å². The molecule has 2 N–H and O–H groups in total. The molecule has 0 bridgehead atoms. The number of hydrogen-bond acceptors (Lipinski definition) is 3. The molecule has 2 heterocycles. The lowest BCUT2D eigenvalue weighted by Gasteiger charge is -2.29. The van der Waals surface area contributed by atoms with Gasteiger partial charge in [0.2, 0.25) is 0 Å². The standard InChI is InChI=1S/C17H26N4/c1-13(12-21-8-4-3-5-9-21)18-11-15-6-7-16-17(10-15)20-14(2)19-16/h6-7,10,13,18H,3-5,8-9,11-12H2,1-2H3,(H,19,20). The van der Waals surface area contributed by atoms with Crippen LogP contribution in [0.5, 0.6) is 0 Å². The highest BCUT2D eigenvalue weighted by molar-refractivity contribution is 5.75. The van der Waals surface area contributed by atoms with Crippen molar-refractivity contribution in [1.82, 2.24) is 20.2 Å². The predicted octanol–water partition coefficient (Wildman–Crippen LogP) is 2.84. The first-order valence-electron chi connectivity index (χ1n) is 8.12. The predicted molar refractivity (Wildman–Crippen MR) is 87.4 cm³/mol. The van der Waals surface area contributed by atoms with Gasteiger partial charge in [0.1, 0.15) is 5.82 Å². The summed E-state index contributed by atoms with van der Waals surface area (Å²) in [5.74, 6) is 0.980. The molecule has 1 saturated heterocycles. The molecule has 0 spiro atoms. The second-order valence-electron chi connectivity index (χ2n) is 6.32. The van der Waals surface area contributed by atoms with Crippen molar-refractivity contribution >= 4 is 11.0 Å². The quantitative estimate of drug-likeness (QED) is 0.888. The van der Waals surface area contributed by atoms with E-state index in [9.17, 15) is 0 Å². The van der Waals surface area contributed by atoms with Crippen LogP contribution in [-0.4, -0.2) is 40.5 Å². The van der Waals surface area contributed by atoms with E-state index in [1.807, 2.05) is 6.92 Å². The molecule has 1 aromatic heterocycles. The summed E-state index contributed by atoms with van der Waals surface area (Å²) >= 11 is 0. The number of aryl methyl sites for hydroxylation is 1. The van der Waals surface area contributed by atoms with E-state index in [-0.39, 0.29) is 0 Å². The topological polar surface area (TPSA) is 44.0 Å². The fraction of sp³-hybridized carbons (Fsp3) is 0.588. The molecule has 0 saturated carbocycles. The minimum absolute atomic E-state index is 0.530. The maximum atomic E-state index is 4.44. The Hall–Kier alpha value is -1.39. The Morgan fingerprint density at radius 1 is 1.29 bits per heavy atom. The van der Waals surface area contributed by atoms with Crippen molar-refractivity contribution in [3.05, 3.63) is 29.6 Å². The third-order valence-electron chi connectivity index (χ3n) is 4.30. The van der Waals surface area contributed by atoms with Gasteiger partial charge in [0.15, 0.2) is 0 Å². The first kappa shape index (κ1) is 14.5. The van der Waals surface area contributed by atoms with Gasteiger partial charge in [-0.15, -0.1) is 0 Å². The van der Waals surface area contributed by atoms with E-state index in [0.29, 0.717) is 6.04 Å². The number of nitrogens with one attached hydrogen (secondary N) is 2. The van der Waals surface area contributed by atoms with Crippen LogP contribution >= 0.6 is 0 Å². The van der Waals surface area contributed by atoms with Gasteiger partial charge in [-0.05, 0) is 57.5 Å². The highest BCUT2D eigenvalue weighted by Crippen LogP contribution is 2.14. The average Bonchev–Trinajstić information content (AvgIpc) is 2.85. The van der Waals surface area contributed by atoms with Crippen molar-refractivity contribution in [3.63, 3.8) is 0 Å². The van der Waals surface area contributed by atoms with Crippen LogP contribution in [0.3, 0.4) is 0 Å². The second kappa shape index (κ2) is 6.58. The summed E-state index contributed by atoms with van der Waals surface area (Å²) in [6.07, 6.45) is 4.13. The molecule has 0 amide bonds. The minimum Gasteiger partial charge on any atom is -0.342 e. The van der Waals surface area contributed by atoms with Crippen molar-refractivity contribution in [2.75, 3.05) is 19.6 Å². The summed E-state index contributed by atoms with van der Waals surface area (Å²) < 4.78 is 0. The van der Waals surface area contributed by atoms with Crippen LogP contribution in [0.15, 0.2) is 18.2 Å². The molecule has 1 atom stereocenters. The van der Waals surface area contributed by atoms with Crippen LogP contribution < -0.4 is 5.32 Å². The number of aromatic amines is 1. The third kappa shape index (κ3) is 3.83. The van der Waals surface area contributed by atoms with Crippen molar-refractivity contribution in [1.29, 1.82) is 0 Å². The summed E-state index contributed by atoms with van der Waals surface area (Å²) in [5.41, 5.74) is 3.50. The molecule has 4 heteroatoms. The van der Waals surface area contributed by atoms with Gasteiger partial charge in [-0.3, -0.25) is 0 Å². The number of fused-ring (bicyclic) bond motifs is 1. The molecule has 2 aromatic rings. The zero-order chi connectivity index (χ0) is 14.7. The second-order valence-corrected chi connectivity index (χ2v) is 6.32. The molecule has 1 aliphatic rings. The Balaban J connectivity index is 1.52. The lowest BCUT2D eigenvalue weighted by Crippen LogP contribution is -2.41. The first-order valence-corrected chi connectivity index (χ1v) is 8.12. The largest absolute Gasteiger partial charge is 0.342 e. The Kier molecular flexibility index (Phi) is 4.56. The molecule has 21 heavy (non-hydrogen) atoms. The lowest BCUT2D eigenvalue weighted by molar-refractivity contribution is 0.209. The molecule has 1 aliphatic heterocycles. The maximum Gasteiger partial charge on any atom is 0.104 e. The highest BCUT2D eigenvalue weighted by atomic mass is 15.1. The number of hydrogen-bond donors (Lipinski definition) is 2. The van der Waals surface area contributed by atoms with Gasteiger partial charge < -0.3 is 15.2 Å². The molecular formula is C17H26N4. The third-order valence-corrected chi connectivity index (χ3v) is 4.30. The van der Waals surface area contributed by atoms with Crippen molar-refractivity contribution in [3.8, 4) is 0 Å². The minimum atomic E-state index is 0.530. The van der Waals surface area contributed by atoms with Gasteiger partial charge in [-0.1, -0.05) is 12.5 Å². The van der Waals surface area contributed by atoms with E-state index in [0.717, 1.165) is 29.9 Å². The van der Waals surface area contributed by atoms with E-state index in [1.165, 1.54) is 37.9 Å². The molecule has 0 aliphatic carbocycles. The Morgan fingerprint density at radius 3 is 2.90 bits per heavy atom. The van der Waals surface area contributed by atoms with E-state index in [2.05, 4.69) is 45.3 Å². The normalized spacial score (nSPS) is 18.2. The number of aromatic nitrogens is 2. The number of rotatable bonds is 5. The van der Waals surface area contributed by atoms with E-state index < -0.39 is 0 Å². The fourth-order valence-corrected chi connectivity index (χ4v) is 3.18. The molecule has 1 aromatic carbocycles. The molecule has 1 fully saturated rings. The smallest absolute Gasteiger partial charge is 0.104 e. The Labute approximate surface area is 126 Å². The number of likely N-dealkylation sites (tertiary alicyclic amines) is 1.